The molecule has 2 aromatic heterocycles. The number of aromatic nitrogens is 4. The highest BCUT2D eigenvalue weighted by Crippen LogP contribution is 2.34. The van der Waals surface area contributed by atoms with Crippen molar-refractivity contribution in [3.8, 4) is 0 Å². The first-order valence-corrected chi connectivity index (χ1v) is 6.65. The van der Waals surface area contributed by atoms with Gasteiger partial charge in [-0.3, -0.25) is 14.0 Å². The Morgan fingerprint density at radius 2 is 1.95 bits per heavy atom. The average molecular weight is 312 g/mol. The van der Waals surface area contributed by atoms with E-state index >= 15 is 0 Å². The Hall–Kier alpha value is -2.01. The van der Waals surface area contributed by atoms with E-state index < -0.39 is 42.3 Å². The number of rotatable bonds is 2. The lowest BCUT2D eigenvalue weighted by Crippen LogP contribution is -2.33. The van der Waals surface area contributed by atoms with E-state index in [9.17, 15) is 19.8 Å². The third-order valence-corrected chi connectivity index (χ3v) is 3.93. The van der Waals surface area contributed by atoms with E-state index in [2.05, 4.69) is 10.1 Å². The van der Waals surface area contributed by atoms with Crippen molar-refractivity contribution in [2.24, 2.45) is 14.1 Å². The van der Waals surface area contributed by atoms with Gasteiger partial charge in [0.2, 0.25) is 0 Å². The van der Waals surface area contributed by atoms with E-state index in [1.165, 1.54) is 18.8 Å². The van der Waals surface area contributed by atoms with Gasteiger partial charge in [-0.05, 0) is 0 Å². The molecule has 0 radical (unpaired) electrons. The first-order chi connectivity index (χ1) is 10.4. The van der Waals surface area contributed by atoms with Crippen LogP contribution < -0.4 is 11.2 Å². The molecule has 1 aliphatic rings. The predicted octanol–water partition coefficient (Wildman–Crippen LogP) is -2.89. The molecule has 3 rings (SSSR count). The first kappa shape index (κ1) is 14.9. The molecule has 10 heteroatoms. The summed E-state index contributed by atoms with van der Waals surface area (Å²) in [5.41, 5.74) is -0.736. The summed E-state index contributed by atoms with van der Waals surface area (Å²) < 4.78 is 7.58. The topological polar surface area (TPSA) is 143 Å². The Morgan fingerprint density at radius 3 is 2.55 bits per heavy atom. The predicted molar refractivity (Wildman–Crippen MR) is 73.3 cm³/mol. The van der Waals surface area contributed by atoms with E-state index in [0.29, 0.717) is 0 Å². The Kier molecular flexibility index (Phi) is 3.40. The van der Waals surface area contributed by atoms with Crippen LogP contribution in [0.3, 0.4) is 0 Å². The molecule has 120 valence electrons. The number of aryl methyl sites for hydroxylation is 1. The second-order valence-electron chi connectivity index (χ2n) is 5.29. The third-order valence-electron chi connectivity index (χ3n) is 3.93. The summed E-state index contributed by atoms with van der Waals surface area (Å²) in [6.45, 7) is -0.474. The maximum atomic E-state index is 12.2. The fraction of sp³-hybridized carbons (Fsp3) is 0.583. The number of hydrogen-bond acceptors (Lipinski definition) is 7. The van der Waals surface area contributed by atoms with E-state index in [1.54, 1.807) is 0 Å². The molecule has 0 spiro atoms. The van der Waals surface area contributed by atoms with Crippen molar-refractivity contribution in [3.05, 3.63) is 26.5 Å². The molecule has 4 N–H and O–H groups in total. The SMILES string of the molecule is Cn1c(=O)[nH]c2c([C@@H]3O[C@H](CO)[C@@H](O)[C@H]3O)nn(C)c2c1=O. The van der Waals surface area contributed by atoms with Crippen LogP contribution in [0.2, 0.25) is 0 Å². The Bertz CT molecular complexity index is 836. The first-order valence-electron chi connectivity index (χ1n) is 6.65. The summed E-state index contributed by atoms with van der Waals surface area (Å²) in [4.78, 5) is 26.5. The molecule has 4 atom stereocenters. The minimum absolute atomic E-state index is 0.134. The largest absolute Gasteiger partial charge is 0.394 e. The zero-order valence-corrected chi connectivity index (χ0v) is 11.9. The van der Waals surface area contributed by atoms with Crippen LogP contribution in [0.5, 0.6) is 0 Å². The lowest BCUT2D eigenvalue weighted by Gasteiger charge is -2.12. The smallest absolute Gasteiger partial charge is 0.328 e. The van der Waals surface area contributed by atoms with Crippen LogP contribution in [0, 0.1) is 0 Å². The summed E-state index contributed by atoms with van der Waals surface area (Å²) >= 11 is 0. The third kappa shape index (κ3) is 1.92. The minimum Gasteiger partial charge on any atom is -0.394 e. The Balaban J connectivity index is 2.21. The van der Waals surface area contributed by atoms with Crippen LogP contribution in [0.1, 0.15) is 11.8 Å². The summed E-state index contributed by atoms with van der Waals surface area (Å²) in [6, 6.07) is 0. The van der Waals surface area contributed by atoms with Crippen LogP contribution in [0.4, 0.5) is 0 Å². The molecule has 0 unspecified atom stereocenters. The number of H-pyrrole nitrogens is 1. The highest BCUT2D eigenvalue weighted by atomic mass is 16.6. The van der Waals surface area contributed by atoms with Crippen LogP contribution in [0.25, 0.3) is 11.0 Å². The van der Waals surface area contributed by atoms with Gasteiger partial charge in [-0.1, -0.05) is 0 Å². The lowest BCUT2D eigenvalue weighted by molar-refractivity contribution is -0.0237. The normalized spacial score (nSPS) is 28.6. The average Bonchev–Trinajstić information content (AvgIpc) is 2.95. The number of nitrogens with zero attached hydrogens (tertiary/aromatic N) is 3. The quantitative estimate of drug-likeness (QED) is 0.466. The standard InChI is InChI=1S/C12H16N4O6/c1-15-11(20)7-5(13-12(15)21)6(14-16(7)2)10-9(19)8(18)4(3-17)22-10/h4,8-10,17-19H,3H2,1-2H3,(H,13,21)/t4-,8-,9-,10+/m1/s1. The van der Waals surface area contributed by atoms with Crippen LogP contribution in [-0.2, 0) is 18.8 Å². The molecule has 0 saturated carbocycles. The van der Waals surface area contributed by atoms with Crippen molar-refractivity contribution in [1.29, 1.82) is 0 Å². The summed E-state index contributed by atoms with van der Waals surface area (Å²) in [7, 11) is 2.85. The second kappa shape index (κ2) is 5.02. The second-order valence-corrected chi connectivity index (χ2v) is 5.29. The van der Waals surface area contributed by atoms with Gasteiger partial charge in [0.25, 0.3) is 5.56 Å². The summed E-state index contributed by atoms with van der Waals surface area (Å²) in [5.74, 6) is 0. The molecule has 1 saturated heterocycles. The fourth-order valence-electron chi connectivity index (χ4n) is 2.68. The van der Waals surface area contributed by atoms with Crippen molar-refractivity contribution in [3.63, 3.8) is 0 Å². The van der Waals surface area contributed by atoms with E-state index in [1.807, 2.05) is 0 Å². The van der Waals surface area contributed by atoms with Crippen molar-refractivity contribution in [2.75, 3.05) is 6.61 Å². The van der Waals surface area contributed by atoms with Gasteiger partial charge in [0.05, 0.1) is 6.61 Å². The molecule has 0 amide bonds. The highest BCUT2D eigenvalue weighted by Gasteiger charge is 2.45. The summed E-state index contributed by atoms with van der Waals surface area (Å²) in [5, 5.41) is 33.1. The van der Waals surface area contributed by atoms with Gasteiger partial charge < -0.3 is 25.0 Å². The Morgan fingerprint density at radius 1 is 1.27 bits per heavy atom. The number of fused-ring (bicyclic) bond motifs is 1. The van der Waals surface area contributed by atoms with E-state index in [-0.39, 0.29) is 16.7 Å². The highest BCUT2D eigenvalue weighted by molar-refractivity contribution is 5.76. The summed E-state index contributed by atoms with van der Waals surface area (Å²) in [6.07, 6.45) is -4.64. The van der Waals surface area contributed by atoms with Gasteiger partial charge in [0, 0.05) is 14.1 Å². The van der Waals surface area contributed by atoms with Crippen LogP contribution in [0.15, 0.2) is 9.59 Å². The zero-order chi connectivity index (χ0) is 16.2. The van der Waals surface area contributed by atoms with Crippen molar-refractivity contribution in [1.82, 2.24) is 19.3 Å². The van der Waals surface area contributed by atoms with Gasteiger partial charge >= 0.3 is 5.69 Å². The van der Waals surface area contributed by atoms with Crippen LogP contribution >= 0.6 is 0 Å². The molecule has 3 heterocycles. The minimum atomic E-state index is -1.33. The number of ether oxygens (including phenoxy) is 1. The molecule has 0 aromatic carbocycles. The molecular formula is C12H16N4O6. The van der Waals surface area contributed by atoms with Gasteiger partial charge in [0.1, 0.15) is 35.6 Å². The van der Waals surface area contributed by atoms with Crippen LogP contribution in [-0.4, -0.2) is 59.6 Å². The Labute approximate surface area is 123 Å². The maximum absolute atomic E-state index is 12.2. The molecule has 0 aliphatic carbocycles. The maximum Gasteiger partial charge on any atom is 0.328 e. The van der Waals surface area contributed by atoms with E-state index in [4.69, 9.17) is 9.84 Å². The van der Waals surface area contributed by atoms with Crippen molar-refractivity contribution < 1.29 is 20.1 Å². The van der Waals surface area contributed by atoms with Gasteiger partial charge in [-0.15, -0.1) is 0 Å². The zero-order valence-electron chi connectivity index (χ0n) is 11.9. The molecule has 1 aliphatic heterocycles. The monoisotopic (exact) mass is 312 g/mol. The van der Waals surface area contributed by atoms with Gasteiger partial charge in [-0.25, -0.2) is 4.79 Å². The number of hydrogen-bond donors (Lipinski definition) is 4. The van der Waals surface area contributed by atoms with E-state index in [0.717, 1.165) is 4.57 Å². The molecule has 22 heavy (non-hydrogen) atoms. The number of aliphatic hydroxyl groups is 3. The number of nitrogens with one attached hydrogen (secondary N) is 1. The fourth-order valence-corrected chi connectivity index (χ4v) is 2.68. The van der Waals surface area contributed by atoms with Gasteiger partial charge in [0.15, 0.2) is 5.52 Å². The molecular weight excluding hydrogens is 296 g/mol. The molecule has 0 bridgehead atoms. The number of aliphatic hydroxyl groups excluding tert-OH is 3. The van der Waals surface area contributed by atoms with Crippen molar-refractivity contribution in [2.45, 2.75) is 24.4 Å². The number of aromatic amines is 1. The molecule has 10 nitrogen and oxygen atoms in total. The lowest BCUT2D eigenvalue weighted by atomic mass is 10.1. The van der Waals surface area contributed by atoms with Gasteiger partial charge in [-0.2, -0.15) is 5.10 Å². The molecule has 1 fully saturated rings. The molecule has 2 aromatic rings. The van der Waals surface area contributed by atoms with Crippen molar-refractivity contribution >= 4 is 11.0 Å².